The number of anilines is 1. The van der Waals surface area contributed by atoms with Crippen LogP contribution < -0.4 is 15.2 Å². The first-order valence-corrected chi connectivity index (χ1v) is 24.9. The maximum atomic E-state index is 14.4. The van der Waals surface area contributed by atoms with Gasteiger partial charge in [0.2, 0.25) is 11.8 Å². The van der Waals surface area contributed by atoms with Crippen LogP contribution in [0.2, 0.25) is 0 Å². The number of piperidine rings is 1. The maximum Gasteiger partial charge on any atom is 0.524 e. The third-order valence-corrected chi connectivity index (χ3v) is 13.5. The molecule has 2 aromatic rings. The van der Waals surface area contributed by atoms with E-state index in [0.717, 1.165) is 37.1 Å². The molecule has 3 rings (SSSR count). The van der Waals surface area contributed by atoms with Crippen LogP contribution >= 0.6 is 19.2 Å². The molecule has 2 unspecified atom stereocenters. The molecule has 1 aliphatic heterocycles. The Morgan fingerprint density at radius 2 is 1.74 bits per heavy atom. The number of aliphatic carboxylic acids is 1. The van der Waals surface area contributed by atoms with E-state index in [1.54, 1.807) is 11.9 Å². The number of benzene rings is 1. The molecular formula is C46H72N5O12PS. The number of nitrogens with zero attached hydrogens (tertiary/aromatic N) is 3. The van der Waals surface area contributed by atoms with E-state index < -0.39 is 61.6 Å². The summed E-state index contributed by atoms with van der Waals surface area (Å²) in [7, 11) is -1.35. The molecule has 1 fully saturated rings. The Morgan fingerprint density at radius 3 is 2.31 bits per heavy atom. The number of amides is 3. The summed E-state index contributed by atoms with van der Waals surface area (Å²) in [6.07, 6.45) is 3.54. The number of phosphoric acid groups is 1. The maximum absolute atomic E-state index is 14.4. The molecule has 17 nitrogen and oxygen atoms in total. The average Bonchev–Trinajstić information content (AvgIpc) is 3.70. The van der Waals surface area contributed by atoms with Crippen molar-refractivity contribution >= 4 is 60.3 Å². The molecule has 1 aromatic heterocycles. The molecule has 364 valence electrons. The number of carboxylic acid groups (broad SMARTS) is 1. The highest BCUT2D eigenvalue weighted by Crippen LogP contribution is 2.42. The zero-order valence-electron chi connectivity index (χ0n) is 39.9. The lowest BCUT2D eigenvalue weighted by molar-refractivity contribution is -0.149. The minimum absolute atomic E-state index is 0.00930. The highest BCUT2D eigenvalue weighted by molar-refractivity contribution is 7.46. The highest BCUT2D eigenvalue weighted by Gasteiger charge is 2.38. The van der Waals surface area contributed by atoms with Crippen molar-refractivity contribution in [2.45, 2.75) is 151 Å². The van der Waals surface area contributed by atoms with E-state index in [-0.39, 0.29) is 84.2 Å². The van der Waals surface area contributed by atoms with Crippen molar-refractivity contribution in [3.63, 3.8) is 0 Å². The van der Waals surface area contributed by atoms with Crippen LogP contribution in [0.15, 0.2) is 23.6 Å². The van der Waals surface area contributed by atoms with Crippen LogP contribution in [0, 0.1) is 29.1 Å². The van der Waals surface area contributed by atoms with E-state index in [1.165, 1.54) is 37.4 Å². The number of aromatic nitrogens is 1. The highest BCUT2D eigenvalue weighted by atomic mass is 32.1. The smallest absolute Gasteiger partial charge is 0.481 e. The molecule has 65 heavy (non-hydrogen) atoms. The Morgan fingerprint density at radius 1 is 1.06 bits per heavy atom. The van der Waals surface area contributed by atoms with Crippen molar-refractivity contribution in [3.05, 3.63) is 39.8 Å². The zero-order valence-corrected chi connectivity index (χ0v) is 41.6. The van der Waals surface area contributed by atoms with E-state index in [2.05, 4.69) is 20.5 Å². The molecule has 0 aliphatic carbocycles. The van der Waals surface area contributed by atoms with Crippen LogP contribution in [0.5, 0.6) is 5.75 Å². The topological polar surface area (TPSA) is 242 Å². The Balaban J connectivity index is 1.89. The second kappa shape index (κ2) is 24.5. The first-order chi connectivity index (χ1) is 30.2. The molecule has 0 spiro atoms. The summed E-state index contributed by atoms with van der Waals surface area (Å²) in [5.74, 6) is -4.69. The van der Waals surface area contributed by atoms with Gasteiger partial charge < -0.3 is 29.9 Å². The Bertz CT molecular complexity index is 2010. The minimum Gasteiger partial charge on any atom is -0.481 e. The number of esters is 1. The summed E-state index contributed by atoms with van der Waals surface area (Å²) >= 11 is 1.10. The summed E-state index contributed by atoms with van der Waals surface area (Å²) in [6, 6.07) is 2.78. The number of phosphoric ester groups is 1. The van der Waals surface area contributed by atoms with Gasteiger partial charge in [-0.2, -0.15) is 0 Å². The predicted molar refractivity (Wildman–Crippen MR) is 248 cm³/mol. The summed E-state index contributed by atoms with van der Waals surface area (Å²) in [5, 5.41) is 17.2. The minimum atomic E-state index is -5.02. The van der Waals surface area contributed by atoms with Crippen molar-refractivity contribution in [1.82, 2.24) is 20.1 Å². The Hall–Kier alpha value is -4.22. The number of likely N-dealkylation sites (N-methyl/N-ethyl adjacent to an activating group) is 1. The van der Waals surface area contributed by atoms with Gasteiger partial charge >= 0.3 is 19.8 Å². The summed E-state index contributed by atoms with van der Waals surface area (Å²) < 4.78 is 22.4. The first kappa shape index (κ1) is 55.1. The second-order valence-electron chi connectivity index (χ2n) is 19.2. The van der Waals surface area contributed by atoms with E-state index >= 15 is 0 Å². The summed E-state index contributed by atoms with van der Waals surface area (Å²) in [4.78, 5) is 107. The predicted octanol–water partition coefficient (Wildman–Crippen LogP) is 7.41. The van der Waals surface area contributed by atoms with Gasteiger partial charge in [0.25, 0.3) is 5.91 Å². The standard InChI is InChI=1S/C46H72N5O12PS/c1-12-28(4)33(24-38(53)36-15-13-14-20-50(36)10)44(56)51(11)37(27(2)3)25-40(62-30(6)52)43-49-35(26-65-43)42(55)47-32(21-29(5)45(57)58)22-31-16-17-39(63-64(59,60)61)34(23-31)48-41(54)18-19-46(7,8)9/h16-17,23,26-29,32-33,36-37,40H,12-15,18-22,24-25H2,1-11H3,(H,47,55)(H,48,54)(H,57,58)(H2,59,60,61)/t28-,29?,32+,33?,36+,37+,40+/m0/s1. The molecule has 1 saturated heterocycles. The molecule has 0 saturated carbocycles. The molecule has 5 N–H and O–H groups in total. The molecule has 0 radical (unpaired) electrons. The lowest BCUT2D eigenvalue weighted by atomic mass is 9.83. The number of Topliss-reactive ketones (excluding diaryl/α,β-unsaturated/α-hetero) is 1. The quantitative estimate of drug-likeness (QED) is 0.0509. The number of likely N-dealkylation sites (tertiary alicyclic amines) is 1. The first-order valence-electron chi connectivity index (χ1n) is 22.5. The van der Waals surface area contributed by atoms with E-state index in [9.17, 15) is 48.2 Å². The molecule has 3 amide bonds. The fraction of sp³-hybridized carbons (Fsp3) is 0.674. The average molecular weight is 950 g/mol. The van der Waals surface area contributed by atoms with Crippen LogP contribution in [0.3, 0.4) is 0 Å². The Kier molecular flexibility index (Phi) is 20.8. The molecule has 2 heterocycles. The molecule has 7 atom stereocenters. The SMILES string of the molecule is CC[C@H](C)C(CC(=O)[C@H]1CCCCN1C)C(=O)N(C)[C@H](C[C@@H](OC(C)=O)c1nc(C(=O)N[C@@H](Cc2ccc(OP(=O)(O)O)c(NC(=O)CCC(C)(C)C)c2)CC(C)C(=O)O)cs1)C(C)C. The van der Waals surface area contributed by atoms with Gasteiger partial charge in [-0.05, 0) is 80.6 Å². The molecule has 19 heteroatoms. The summed E-state index contributed by atoms with van der Waals surface area (Å²) in [6.45, 7) is 17.4. The van der Waals surface area contributed by atoms with Gasteiger partial charge in [-0.1, -0.05) is 74.3 Å². The molecule has 0 bridgehead atoms. The van der Waals surface area contributed by atoms with Gasteiger partial charge in [0.15, 0.2) is 17.6 Å². The molecular weight excluding hydrogens is 878 g/mol. The van der Waals surface area contributed by atoms with Gasteiger partial charge in [-0.15, -0.1) is 11.3 Å². The number of nitrogens with one attached hydrogen (secondary N) is 2. The van der Waals surface area contributed by atoms with Crippen molar-refractivity contribution in [2.24, 2.45) is 29.1 Å². The third kappa shape index (κ3) is 17.8. The normalized spacial score (nSPS) is 17.5. The van der Waals surface area contributed by atoms with Crippen molar-refractivity contribution < 1.29 is 57.5 Å². The van der Waals surface area contributed by atoms with Crippen molar-refractivity contribution in [3.8, 4) is 5.75 Å². The van der Waals surface area contributed by atoms with Crippen LogP contribution in [0.25, 0.3) is 0 Å². The zero-order chi connectivity index (χ0) is 49.0. The number of ether oxygens (including phenoxy) is 1. The lowest BCUT2D eigenvalue weighted by Gasteiger charge is -2.37. The molecule has 1 aliphatic rings. The fourth-order valence-corrected chi connectivity index (χ4v) is 9.34. The van der Waals surface area contributed by atoms with E-state index in [1.807, 2.05) is 55.5 Å². The van der Waals surface area contributed by atoms with Crippen LogP contribution in [0.4, 0.5) is 5.69 Å². The number of carbonyl (C=O) groups excluding carboxylic acids is 5. The fourth-order valence-electron chi connectivity index (χ4n) is 8.09. The van der Waals surface area contributed by atoms with Gasteiger partial charge in [-0.3, -0.25) is 43.5 Å². The van der Waals surface area contributed by atoms with Gasteiger partial charge in [0.05, 0.1) is 17.6 Å². The second-order valence-corrected chi connectivity index (χ2v) is 21.2. The number of hydrogen-bond acceptors (Lipinski definition) is 12. The van der Waals surface area contributed by atoms with E-state index in [0.29, 0.717) is 23.4 Å². The van der Waals surface area contributed by atoms with Crippen LogP contribution in [-0.4, -0.2) is 104 Å². The van der Waals surface area contributed by atoms with Crippen molar-refractivity contribution in [1.29, 1.82) is 0 Å². The number of thiazole rings is 1. The largest absolute Gasteiger partial charge is 0.524 e. The summed E-state index contributed by atoms with van der Waals surface area (Å²) in [5.41, 5.74) is 0.312. The number of hydrogen-bond donors (Lipinski definition) is 5. The number of carboxylic acids is 1. The van der Waals surface area contributed by atoms with Gasteiger partial charge in [0, 0.05) is 56.6 Å². The monoisotopic (exact) mass is 949 g/mol. The third-order valence-electron chi connectivity index (χ3n) is 12.1. The van der Waals surface area contributed by atoms with Crippen LogP contribution in [0.1, 0.15) is 147 Å². The number of rotatable bonds is 24. The van der Waals surface area contributed by atoms with Crippen molar-refractivity contribution in [2.75, 3.05) is 26.0 Å². The number of carbonyl (C=O) groups is 6. The molecule has 1 aromatic carbocycles. The van der Waals surface area contributed by atoms with E-state index in [4.69, 9.17) is 9.26 Å². The lowest BCUT2D eigenvalue weighted by Crippen LogP contribution is -2.48. The van der Waals surface area contributed by atoms with Gasteiger partial charge in [-0.25, -0.2) is 9.55 Å². The Labute approximate surface area is 388 Å². The van der Waals surface area contributed by atoms with Gasteiger partial charge in [0.1, 0.15) is 10.7 Å². The van der Waals surface area contributed by atoms with Crippen LogP contribution in [-0.2, 0) is 39.7 Å². The number of ketones is 1.